The fourth-order valence-electron chi connectivity index (χ4n) is 3.61. The molecule has 132 valence electrons. The number of rotatable bonds is 7. The molecule has 24 heavy (non-hydrogen) atoms. The maximum atomic E-state index is 9.55. The zero-order chi connectivity index (χ0) is 17.3. The highest BCUT2D eigenvalue weighted by molar-refractivity contribution is 5.76. The van der Waals surface area contributed by atoms with Crippen molar-refractivity contribution in [2.24, 2.45) is 5.92 Å². The molecule has 1 aliphatic rings. The van der Waals surface area contributed by atoms with Crippen LogP contribution in [-0.4, -0.2) is 33.8 Å². The fourth-order valence-corrected chi connectivity index (χ4v) is 3.61. The van der Waals surface area contributed by atoms with Crippen molar-refractivity contribution in [3.8, 4) is 0 Å². The molecule has 1 heterocycles. The minimum absolute atomic E-state index is 0.142. The Morgan fingerprint density at radius 2 is 2.08 bits per heavy atom. The third-order valence-corrected chi connectivity index (χ3v) is 5.30. The minimum atomic E-state index is -0.225. The Balaban J connectivity index is 1.59. The van der Waals surface area contributed by atoms with E-state index in [0.717, 1.165) is 34.8 Å². The van der Waals surface area contributed by atoms with Crippen LogP contribution in [0, 0.1) is 5.92 Å². The lowest BCUT2D eigenvalue weighted by atomic mass is 9.77. The van der Waals surface area contributed by atoms with Crippen LogP contribution in [0.1, 0.15) is 58.3 Å². The number of fused-ring (bicyclic) bond motifs is 1. The molecule has 1 aliphatic carbocycles. The average Bonchev–Trinajstić information content (AvgIpc) is 2.90. The first kappa shape index (κ1) is 17.4. The third-order valence-electron chi connectivity index (χ3n) is 5.30. The number of benzene rings is 1. The van der Waals surface area contributed by atoms with Crippen molar-refractivity contribution < 1.29 is 5.11 Å². The highest BCUT2D eigenvalue weighted by Gasteiger charge is 2.29. The monoisotopic (exact) mass is 329 g/mol. The summed E-state index contributed by atoms with van der Waals surface area (Å²) < 4.78 is 0. The second-order valence-corrected chi connectivity index (χ2v) is 8.35. The first-order valence-electron chi connectivity index (χ1n) is 9.23. The number of aliphatic hydroxyl groups is 1. The van der Waals surface area contributed by atoms with Crippen molar-refractivity contribution >= 4 is 11.0 Å². The first-order chi connectivity index (χ1) is 11.4. The van der Waals surface area contributed by atoms with Gasteiger partial charge in [0.1, 0.15) is 5.82 Å². The van der Waals surface area contributed by atoms with Gasteiger partial charge in [0.15, 0.2) is 0 Å². The molecule has 0 bridgehead atoms. The van der Waals surface area contributed by atoms with E-state index in [4.69, 9.17) is 4.98 Å². The van der Waals surface area contributed by atoms with Gasteiger partial charge in [0.05, 0.1) is 17.6 Å². The fraction of sp³-hybridized carbons (Fsp3) is 0.650. The predicted molar refractivity (Wildman–Crippen MR) is 99.3 cm³/mol. The van der Waals surface area contributed by atoms with Gasteiger partial charge in [-0.15, -0.1) is 0 Å². The van der Waals surface area contributed by atoms with Crippen molar-refractivity contribution in [1.29, 1.82) is 0 Å². The molecule has 0 aliphatic heterocycles. The molecule has 4 nitrogen and oxygen atoms in total. The van der Waals surface area contributed by atoms with E-state index in [0.29, 0.717) is 12.1 Å². The molecule has 1 aromatic carbocycles. The van der Waals surface area contributed by atoms with Crippen molar-refractivity contribution in [1.82, 2.24) is 15.3 Å². The van der Waals surface area contributed by atoms with Gasteiger partial charge in [-0.25, -0.2) is 4.98 Å². The quantitative estimate of drug-likeness (QED) is 0.728. The molecule has 2 aromatic rings. The zero-order valence-electron chi connectivity index (χ0n) is 15.4. The smallest absolute Gasteiger partial charge is 0.107 e. The summed E-state index contributed by atoms with van der Waals surface area (Å²) in [7, 11) is 0. The summed E-state index contributed by atoms with van der Waals surface area (Å²) >= 11 is 0. The van der Waals surface area contributed by atoms with Crippen LogP contribution >= 0.6 is 0 Å². The van der Waals surface area contributed by atoms with Crippen LogP contribution < -0.4 is 5.32 Å². The maximum Gasteiger partial charge on any atom is 0.107 e. The summed E-state index contributed by atoms with van der Waals surface area (Å²) in [6.07, 6.45) is 4.83. The molecule has 0 radical (unpaired) electrons. The average molecular weight is 329 g/mol. The zero-order valence-corrected chi connectivity index (χ0v) is 15.4. The van der Waals surface area contributed by atoms with Gasteiger partial charge in [0.2, 0.25) is 0 Å². The maximum absolute atomic E-state index is 9.55. The Morgan fingerprint density at radius 1 is 1.33 bits per heavy atom. The van der Waals surface area contributed by atoms with Crippen LogP contribution in [-0.2, 0) is 11.8 Å². The van der Waals surface area contributed by atoms with Gasteiger partial charge in [-0.1, -0.05) is 33.8 Å². The van der Waals surface area contributed by atoms with E-state index < -0.39 is 0 Å². The van der Waals surface area contributed by atoms with E-state index in [1.807, 2.05) is 0 Å². The highest BCUT2D eigenvalue weighted by atomic mass is 16.3. The van der Waals surface area contributed by atoms with Gasteiger partial charge in [-0.2, -0.15) is 0 Å². The summed E-state index contributed by atoms with van der Waals surface area (Å²) in [5.41, 5.74) is 3.02. The molecule has 0 amide bonds. The number of hydrogen-bond acceptors (Lipinski definition) is 3. The molecular formula is C20H31N3O. The molecule has 1 saturated carbocycles. The van der Waals surface area contributed by atoms with E-state index in [1.54, 1.807) is 0 Å². The van der Waals surface area contributed by atoms with E-state index >= 15 is 0 Å². The van der Waals surface area contributed by atoms with Gasteiger partial charge < -0.3 is 15.4 Å². The lowest BCUT2D eigenvalue weighted by Gasteiger charge is -2.37. The molecule has 0 spiro atoms. The molecule has 0 atom stereocenters. The van der Waals surface area contributed by atoms with Crippen molar-refractivity contribution in [2.75, 3.05) is 6.61 Å². The second kappa shape index (κ2) is 6.85. The normalized spacial score (nSPS) is 21.4. The van der Waals surface area contributed by atoms with Gasteiger partial charge in [0.25, 0.3) is 0 Å². The Morgan fingerprint density at radius 3 is 2.75 bits per heavy atom. The van der Waals surface area contributed by atoms with Crippen LogP contribution in [0.2, 0.25) is 0 Å². The number of aliphatic hydroxyl groups excluding tert-OH is 1. The number of imidazole rings is 1. The van der Waals surface area contributed by atoms with Crippen LogP contribution in [0.5, 0.6) is 0 Å². The first-order valence-corrected chi connectivity index (χ1v) is 9.23. The Hall–Kier alpha value is -1.39. The molecule has 3 rings (SSSR count). The summed E-state index contributed by atoms with van der Waals surface area (Å²) in [4.78, 5) is 8.22. The lowest BCUT2D eigenvalue weighted by molar-refractivity contribution is 0.200. The molecule has 1 fully saturated rings. The van der Waals surface area contributed by atoms with Gasteiger partial charge in [0, 0.05) is 23.9 Å². The summed E-state index contributed by atoms with van der Waals surface area (Å²) in [6.45, 7) is 8.69. The molecule has 3 N–H and O–H groups in total. The van der Waals surface area contributed by atoms with Gasteiger partial charge >= 0.3 is 0 Å². The third kappa shape index (κ3) is 3.81. The number of aromatic nitrogens is 2. The van der Waals surface area contributed by atoms with E-state index in [9.17, 15) is 5.11 Å². The number of hydrogen-bond donors (Lipinski definition) is 3. The van der Waals surface area contributed by atoms with Crippen LogP contribution in [0.3, 0.4) is 0 Å². The van der Waals surface area contributed by atoms with Gasteiger partial charge in [-0.3, -0.25) is 0 Å². The molecular weight excluding hydrogens is 298 g/mol. The van der Waals surface area contributed by atoms with E-state index in [-0.39, 0.29) is 12.0 Å². The SMILES string of the molecule is CC(C)NC1CC(CCc2nc3cc(C(C)(C)CO)ccc3[nH]2)C1. The molecule has 4 heteroatoms. The van der Waals surface area contributed by atoms with Crippen LogP contribution in [0.15, 0.2) is 18.2 Å². The number of aryl methyl sites for hydroxylation is 1. The number of H-pyrrole nitrogens is 1. The highest BCUT2D eigenvalue weighted by Crippen LogP contribution is 2.32. The number of nitrogens with one attached hydrogen (secondary N) is 2. The summed E-state index contributed by atoms with van der Waals surface area (Å²) in [6, 6.07) is 7.59. The van der Waals surface area contributed by atoms with Crippen molar-refractivity contribution in [3.05, 3.63) is 29.6 Å². The minimum Gasteiger partial charge on any atom is -0.395 e. The topological polar surface area (TPSA) is 60.9 Å². The standard InChI is InChI=1S/C20H31N3O/c1-13(2)21-16-9-14(10-16)5-8-19-22-17-7-6-15(11-18(17)23-19)20(3,4)12-24/h6-7,11,13-14,16,21,24H,5,8-10,12H2,1-4H3,(H,22,23). The van der Waals surface area contributed by atoms with E-state index in [2.05, 4.69) is 56.2 Å². The van der Waals surface area contributed by atoms with Crippen LogP contribution in [0.4, 0.5) is 0 Å². The summed E-state index contributed by atoms with van der Waals surface area (Å²) in [5, 5.41) is 13.2. The molecule has 1 aromatic heterocycles. The Labute approximate surface area is 145 Å². The number of nitrogens with zero attached hydrogens (tertiary/aromatic N) is 1. The lowest BCUT2D eigenvalue weighted by Crippen LogP contribution is -2.44. The van der Waals surface area contributed by atoms with Gasteiger partial charge in [-0.05, 0) is 42.9 Å². The molecule has 0 unspecified atom stereocenters. The van der Waals surface area contributed by atoms with E-state index in [1.165, 1.54) is 19.3 Å². The summed E-state index contributed by atoms with van der Waals surface area (Å²) in [5.74, 6) is 1.92. The Kier molecular flexibility index (Phi) is 4.97. The predicted octanol–water partition coefficient (Wildman–Crippen LogP) is 3.54. The van der Waals surface area contributed by atoms with Crippen molar-refractivity contribution in [2.45, 2.75) is 70.9 Å². The molecule has 0 saturated heterocycles. The van der Waals surface area contributed by atoms with Crippen LogP contribution in [0.25, 0.3) is 11.0 Å². The largest absolute Gasteiger partial charge is 0.395 e. The second-order valence-electron chi connectivity index (χ2n) is 8.35. The Bertz CT molecular complexity index is 683. The van der Waals surface area contributed by atoms with Crippen molar-refractivity contribution in [3.63, 3.8) is 0 Å². The number of aromatic amines is 1.